The Morgan fingerprint density at radius 1 is 0.533 bits per heavy atom. The van der Waals surface area contributed by atoms with Gasteiger partial charge in [0.25, 0.3) is 0 Å². The van der Waals surface area contributed by atoms with E-state index < -0.39 is 168 Å². The molecule has 2 aromatic rings. The molecular weight excluding hydrogens is 1410 g/mol. The van der Waals surface area contributed by atoms with E-state index in [1.54, 1.807) is 38.1 Å². The number of aromatic hydroxyl groups is 1. The van der Waals surface area contributed by atoms with E-state index in [0.29, 0.717) is 23.1 Å². The smallest absolute Gasteiger partial charge is 0.305 e. The van der Waals surface area contributed by atoms with Crippen molar-refractivity contribution in [3.8, 4) is 5.75 Å². The van der Waals surface area contributed by atoms with E-state index in [0.717, 1.165) is 11.8 Å². The Hall–Kier alpha value is -11.1. The van der Waals surface area contributed by atoms with E-state index in [-0.39, 0.29) is 158 Å². The number of hydrogen-bond acceptors (Lipinski definition) is 20. The van der Waals surface area contributed by atoms with E-state index in [9.17, 15) is 63.0 Å². The van der Waals surface area contributed by atoms with Crippen LogP contribution in [0.1, 0.15) is 114 Å². The molecule has 2 fully saturated rings. The number of amides is 13. The first-order valence-electron chi connectivity index (χ1n) is 35.2. The summed E-state index contributed by atoms with van der Waals surface area (Å²) < 4.78 is 0. The first-order valence-corrected chi connectivity index (χ1v) is 36.4. The van der Waals surface area contributed by atoms with Gasteiger partial charge in [-0.1, -0.05) is 50.2 Å². The number of thioether (sulfide) groups is 1. The number of fused-ring (bicyclic) bond motifs is 3. The van der Waals surface area contributed by atoms with Crippen molar-refractivity contribution >= 4 is 112 Å². The van der Waals surface area contributed by atoms with Crippen molar-refractivity contribution in [2.45, 2.75) is 177 Å². The molecule has 3 aliphatic heterocycles. The minimum Gasteiger partial charge on any atom is -0.508 e. The number of benzene rings is 2. The van der Waals surface area contributed by atoms with Crippen molar-refractivity contribution in [1.29, 1.82) is 0 Å². The number of guanidine groups is 3. The quantitative estimate of drug-likeness (QED) is 0.0279. The number of primary amides is 1. The first-order chi connectivity index (χ1) is 50.8. The lowest BCUT2D eigenvalue weighted by Crippen LogP contribution is -2.62. The van der Waals surface area contributed by atoms with Crippen molar-refractivity contribution in [2.75, 3.05) is 57.3 Å². The Balaban J connectivity index is 1.60. The number of nitrogens with one attached hydrogen (secondary N) is 10. The maximum Gasteiger partial charge on any atom is 0.305 e. The monoisotopic (exact) mass is 1520 g/mol. The number of carbonyl (C=O) groups is 14. The summed E-state index contributed by atoms with van der Waals surface area (Å²) >= 11 is 0.816. The van der Waals surface area contributed by atoms with Crippen LogP contribution in [0.2, 0.25) is 0 Å². The number of carboxylic acid groups (broad SMARTS) is 1. The van der Waals surface area contributed by atoms with E-state index >= 15 is 14.4 Å². The number of nitrogens with zero attached hydrogens (tertiary/aromatic N) is 5. The summed E-state index contributed by atoms with van der Waals surface area (Å²) in [6.45, 7) is 1.78. The Morgan fingerprint density at radius 2 is 1.03 bits per heavy atom. The highest BCUT2D eigenvalue weighted by Crippen LogP contribution is 2.27. The van der Waals surface area contributed by atoms with Gasteiger partial charge in [-0.2, -0.15) is 0 Å². The molecular formula is C67H103N23O16S. The third-order valence-corrected chi connectivity index (χ3v) is 18.4. The second kappa shape index (κ2) is 44.0. The van der Waals surface area contributed by atoms with Crippen molar-refractivity contribution in [1.82, 2.24) is 63.0 Å². The summed E-state index contributed by atoms with van der Waals surface area (Å²) in [5.41, 5.74) is 46.9. The van der Waals surface area contributed by atoms with Crippen LogP contribution in [0.4, 0.5) is 0 Å². The summed E-state index contributed by atoms with van der Waals surface area (Å²) in [5, 5.41) is 45.6. The molecule has 0 unspecified atom stereocenters. The summed E-state index contributed by atoms with van der Waals surface area (Å²) in [6.07, 6.45) is -0.959. The summed E-state index contributed by atoms with van der Waals surface area (Å²) in [4.78, 5) is 212. The van der Waals surface area contributed by atoms with Crippen LogP contribution in [0.15, 0.2) is 63.5 Å². The van der Waals surface area contributed by atoms with Crippen molar-refractivity contribution in [3.63, 3.8) is 0 Å². The van der Waals surface area contributed by atoms with Crippen LogP contribution in [-0.4, -0.2) is 238 Å². The molecule has 2 aromatic carbocycles. The molecule has 0 bridgehead atoms. The lowest BCUT2D eigenvalue weighted by atomic mass is 9.92. The van der Waals surface area contributed by atoms with E-state index in [1.807, 2.05) is 0 Å². The van der Waals surface area contributed by atoms with Gasteiger partial charge in [-0.05, 0) is 118 Å². The van der Waals surface area contributed by atoms with Gasteiger partial charge in [0.1, 0.15) is 66.2 Å². The Kier molecular flexibility index (Phi) is 35.6. The third kappa shape index (κ3) is 29.8. The number of nitrogens with two attached hydrogens (primary N) is 8. The number of phenols is 1. The molecule has 107 heavy (non-hydrogen) atoms. The number of phenolic OH excluding ortho intramolecular Hbond substituents is 1. The van der Waals surface area contributed by atoms with Gasteiger partial charge in [-0.3, -0.25) is 82.1 Å². The van der Waals surface area contributed by atoms with Crippen LogP contribution >= 0.6 is 11.8 Å². The molecule has 13 amide bonds. The zero-order valence-corrected chi connectivity index (χ0v) is 60.8. The van der Waals surface area contributed by atoms with Gasteiger partial charge in [0.05, 0.1) is 25.3 Å². The fourth-order valence-corrected chi connectivity index (χ4v) is 12.9. The highest BCUT2D eigenvalue weighted by molar-refractivity contribution is 8.00. The van der Waals surface area contributed by atoms with Gasteiger partial charge in [0.2, 0.25) is 76.8 Å². The molecule has 40 heteroatoms. The molecule has 39 nitrogen and oxygen atoms in total. The molecule has 0 spiro atoms. The zero-order chi connectivity index (χ0) is 78.9. The van der Waals surface area contributed by atoms with Crippen LogP contribution in [0.5, 0.6) is 5.75 Å². The average Bonchev–Trinajstić information content (AvgIpc) is 1.28. The Labute approximate surface area is 622 Å². The van der Waals surface area contributed by atoms with Gasteiger partial charge in [0, 0.05) is 51.3 Å². The number of unbranched alkanes of at least 4 members (excludes halogenated alkanes) is 1. The van der Waals surface area contributed by atoms with Gasteiger partial charge in [-0.25, -0.2) is 0 Å². The fourth-order valence-electron chi connectivity index (χ4n) is 12.0. The Morgan fingerprint density at radius 3 is 1.62 bits per heavy atom. The third-order valence-electron chi connectivity index (χ3n) is 17.4. The lowest BCUT2D eigenvalue weighted by molar-refractivity contribution is -0.147. The molecule has 5 rings (SSSR count). The highest BCUT2D eigenvalue weighted by atomic mass is 32.2. The molecule has 588 valence electrons. The lowest BCUT2D eigenvalue weighted by Gasteiger charge is -2.39. The second-order valence-corrected chi connectivity index (χ2v) is 27.4. The van der Waals surface area contributed by atoms with Crippen LogP contribution in [-0.2, 0) is 86.5 Å². The Bertz CT molecular complexity index is 3550. The average molecular weight is 1520 g/mol. The minimum atomic E-state index is -1.92. The standard InChI is InChI=1S/C67H103N23O16S/c1-36(2)27-45-58(100)85-44(16-9-25-78-67(74)75)64(106)90-33-39-12-4-3-11-38(39)29-50(90)62(104)86-43(15-8-24-77-66(72)73)63(105)89-26-10-17-49(89)61(103)84-42(13-5-6-22-68)57(99)88-47(30-54(95)96)60(102)83-41(14-7-23-76-65(70)71)56(98)80-31-51(92)79-32-52(93)82-48(55(69)97)34-107-35-53(94)81-46(59(101)87-45)28-37-18-20-40(91)21-19-37/h3-4,11-12,18-21,36,41-50,91H,5-10,13-17,22-35,68H2,1-2H3,(H2,69,97)(H,79,92)(H,80,98)(H,81,94)(H,82,93)(H,83,102)(H,84,103)(H,85,100)(H,86,104)(H,87,101)(H,88,99)(H,95,96)(H4,70,71,76)(H4,72,73,77)(H4,74,75,78)/t41-,42-,43-,44-,45-,46-,47-,48-,49-,50-/m0/s1. The minimum absolute atomic E-state index is 0.0161. The maximum absolute atomic E-state index is 15.6. The number of carbonyl (C=O) groups excluding carboxylic acids is 13. The summed E-state index contributed by atoms with van der Waals surface area (Å²) in [5.74, 6) is -15.4. The van der Waals surface area contributed by atoms with Crippen molar-refractivity contribution in [2.24, 2.45) is 66.8 Å². The molecule has 28 N–H and O–H groups in total. The number of aliphatic imine (C=N–C) groups is 3. The van der Waals surface area contributed by atoms with Gasteiger partial charge >= 0.3 is 5.97 Å². The van der Waals surface area contributed by atoms with Gasteiger partial charge in [0.15, 0.2) is 17.9 Å². The van der Waals surface area contributed by atoms with Gasteiger partial charge in [-0.15, -0.1) is 11.8 Å². The zero-order valence-electron chi connectivity index (χ0n) is 60.0. The summed E-state index contributed by atoms with van der Waals surface area (Å²) in [6, 6.07) is -2.09. The van der Waals surface area contributed by atoms with E-state index in [4.69, 9.17) is 45.9 Å². The molecule has 3 heterocycles. The molecule has 0 aliphatic carbocycles. The van der Waals surface area contributed by atoms with Crippen molar-refractivity contribution < 1.29 is 77.3 Å². The normalized spacial score (nSPS) is 23.4. The number of rotatable bonds is 23. The van der Waals surface area contributed by atoms with Crippen LogP contribution in [0, 0.1) is 5.92 Å². The maximum atomic E-state index is 15.6. The molecule has 0 radical (unpaired) electrons. The largest absolute Gasteiger partial charge is 0.508 e. The predicted molar refractivity (Wildman–Crippen MR) is 393 cm³/mol. The van der Waals surface area contributed by atoms with E-state index in [2.05, 4.69) is 68.1 Å². The number of carboxylic acids is 1. The van der Waals surface area contributed by atoms with E-state index in [1.165, 1.54) is 34.1 Å². The topological polar surface area (TPSA) is 651 Å². The fraction of sp³-hybridized carbons (Fsp3) is 0.567. The number of aliphatic carboxylic acids is 1. The number of hydrogen-bond donors (Lipinski definition) is 20. The first kappa shape index (κ1) is 86.6. The highest BCUT2D eigenvalue weighted by Gasteiger charge is 2.44. The van der Waals surface area contributed by atoms with Crippen LogP contribution in [0.25, 0.3) is 0 Å². The molecule has 10 atom stereocenters. The van der Waals surface area contributed by atoms with Gasteiger partial charge < -0.3 is 119 Å². The van der Waals surface area contributed by atoms with Crippen LogP contribution < -0.4 is 99.0 Å². The van der Waals surface area contributed by atoms with Crippen LogP contribution in [0.3, 0.4) is 0 Å². The van der Waals surface area contributed by atoms with Crippen molar-refractivity contribution in [3.05, 3.63) is 65.2 Å². The predicted octanol–water partition coefficient (Wildman–Crippen LogP) is -6.97. The SMILES string of the molecule is CC(C)C[C@@H]1NC(=O)[C@H](Cc2ccc(O)cc2)NC(=O)CSC[C@@H](C(N)=O)NC(=O)CNC(=O)CNC(=O)[C@H](CCCN=C(N)N)NC(=O)[C@H](CC(=O)O)NC(=O)[C@H](CCCCN)NC(=O)[C@@H]2CCCN2C(=O)[C@H](CCCN=C(N)N)NC(=O)[C@@H]2Cc3ccccc3CN2C(=O)[C@H](CCCN=C(N)N)NC1=O. The molecule has 0 aromatic heterocycles. The molecule has 0 saturated carbocycles. The second-order valence-electron chi connectivity index (χ2n) is 26.4. The molecule has 2 saturated heterocycles. The molecule has 3 aliphatic rings. The summed E-state index contributed by atoms with van der Waals surface area (Å²) in [7, 11) is 0.